The van der Waals surface area contributed by atoms with E-state index in [9.17, 15) is 4.79 Å². The summed E-state index contributed by atoms with van der Waals surface area (Å²) in [5.74, 6) is 0. The predicted octanol–water partition coefficient (Wildman–Crippen LogP) is -0.407. The fraction of sp³-hybridized carbons (Fsp3) is 0.500. The van der Waals surface area contributed by atoms with Gasteiger partial charge in [-0.2, -0.15) is 0 Å². The van der Waals surface area contributed by atoms with Gasteiger partial charge in [-0.1, -0.05) is 0 Å². The van der Waals surface area contributed by atoms with Crippen LogP contribution in [-0.2, 0) is 6.42 Å². The number of hydrogen-bond donors (Lipinski definition) is 3. The van der Waals surface area contributed by atoms with Crippen LogP contribution >= 0.6 is 0 Å². The maximum absolute atomic E-state index is 10.5. The van der Waals surface area contributed by atoms with Gasteiger partial charge < -0.3 is 15.7 Å². The van der Waals surface area contributed by atoms with E-state index in [-0.39, 0.29) is 11.7 Å². The lowest BCUT2D eigenvalue weighted by Gasteiger charge is -1.99. The molecule has 0 fully saturated rings. The molecule has 0 amide bonds. The number of imidazole rings is 1. The van der Waals surface area contributed by atoms with Crippen molar-refractivity contribution in [1.82, 2.24) is 9.97 Å². The van der Waals surface area contributed by atoms with Gasteiger partial charge in [0.15, 0.2) is 0 Å². The molecule has 0 aromatic carbocycles. The van der Waals surface area contributed by atoms with Crippen molar-refractivity contribution >= 4 is 0 Å². The van der Waals surface area contributed by atoms with E-state index in [1.165, 1.54) is 0 Å². The normalized spacial score (nSPS) is 13.4. The summed E-state index contributed by atoms with van der Waals surface area (Å²) in [5, 5.41) is 0. The first-order chi connectivity index (χ1) is 4.68. The summed E-state index contributed by atoms with van der Waals surface area (Å²) in [6.45, 7) is 1.89. The molecule has 4 nitrogen and oxygen atoms in total. The van der Waals surface area contributed by atoms with Crippen LogP contribution in [0.15, 0.2) is 11.0 Å². The molecule has 4 N–H and O–H groups in total. The highest BCUT2D eigenvalue weighted by atomic mass is 16.1. The van der Waals surface area contributed by atoms with Crippen molar-refractivity contribution in [1.29, 1.82) is 0 Å². The summed E-state index contributed by atoms with van der Waals surface area (Å²) < 4.78 is 0. The largest absolute Gasteiger partial charge is 0.328 e. The van der Waals surface area contributed by atoms with E-state index in [1.54, 1.807) is 6.20 Å². The van der Waals surface area contributed by atoms with Gasteiger partial charge in [0.05, 0.1) is 0 Å². The first kappa shape index (κ1) is 7.08. The number of rotatable bonds is 2. The lowest BCUT2D eigenvalue weighted by molar-refractivity contribution is 0.724. The molecule has 1 aromatic rings. The molecule has 0 unspecified atom stereocenters. The van der Waals surface area contributed by atoms with E-state index in [4.69, 9.17) is 5.73 Å². The summed E-state index contributed by atoms with van der Waals surface area (Å²) in [6, 6.07) is 0.0893. The van der Waals surface area contributed by atoms with Crippen molar-refractivity contribution in [3.05, 3.63) is 22.4 Å². The van der Waals surface area contributed by atoms with Crippen molar-refractivity contribution in [2.24, 2.45) is 5.73 Å². The van der Waals surface area contributed by atoms with Crippen LogP contribution in [0.5, 0.6) is 0 Å². The molecule has 0 saturated heterocycles. The molecule has 0 aliphatic carbocycles. The Balaban J connectivity index is 2.67. The van der Waals surface area contributed by atoms with Gasteiger partial charge in [0.25, 0.3) is 0 Å². The van der Waals surface area contributed by atoms with Crippen LogP contribution < -0.4 is 11.4 Å². The van der Waals surface area contributed by atoms with E-state index >= 15 is 0 Å². The minimum atomic E-state index is -0.171. The molecular weight excluding hydrogens is 130 g/mol. The van der Waals surface area contributed by atoms with Crippen molar-refractivity contribution < 1.29 is 0 Å². The van der Waals surface area contributed by atoms with Crippen molar-refractivity contribution in [3.8, 4) is 0 Å². The zero-order valence-corrected chi connectivity index (χ0v) is 5.85. The number of H-pyrrole nitrogens is 2. The monoisotopic (exact) mass is 141 g/mol. The number of nitrogens with two attached hydrogens (primary N) is 1. The van der Waals surface area contributed by atoms with Crippen LogP contribution in [-0.4, -0.2) is 16.0 Å². The highest BCUT2D eigenvalue weighted by Gasteiger charge is 1.98. The predicted molar refractivity (Wildman–Crippen MR) is 38.8 cm³/mol. The quantitative estimate of drug-likeness (QED) is 0.524. The molecule has 4 heteroatoms. The fourth-order valence-electron chi connectivity index (χ4n) is 0.827. The topological polar surface area (TPSA) is 74.7 Å². The molecule has 1 heterocycles. The molecule has 1 aromatic heterocycles. The van der Waals surface area contributed by atoms with Crippen LogP contribution in [0.2, 0.25) is 0 Å². The van der Waals surface area contributed by atoms with Crippen molar-refractivity contribution in [2.45, 2.75) is 19.4 Å². The maximum atomic E-state index is 10.5. The Labute approximate surface area is 58.5 Å². The lowest BCUT2D eigenvalue weighted by Crippen LogP contribution is -2.18. The first-order valence-corrected chi connectivity index (χ1v) is 3.20. The average molecular weight is 141 g/mol. The van der Waals surface area contributed by atoms with Crippen LogP contribution in [0.1, 0.15) is 12.6 Å². The fourth-order valence-corrected chi connectivity index (χ4v) is 0.827. The van der Waals surface area contributed by atoms with Crippen LogP contribution in [0.25, 0.3) is 0 Å². The van der Waals surface area contributed by atoms with Gasteiger partial charge in [0, 0.05) is 24.4 Å². The summed E-state index contributed by atoms with van der Waals surface area (Å²) in [6.07, 6.45) is 2.35. The smallest absolute Gasteiger partial charge is 0.323 e. The van der Waals surface area contributed by atoms with Gasteiger partial charge in [-0.15, -0.1) is 0 Å². The third kappa shape index (κ3) is 1.73. The number of hydrogen-bond acceptors (Lipinski definition) is 2. The second-order valence-corrected chi connectivity index (χ2v) is 2.45. The van der Waals surface area contributed by atoms with Gasteiger partial charge in [-0.25, -0.2) is 4.79 Å². The van der Waals surface area contributed by atoms with Crippen molar-refractivity contribution in [3.63, 3.8) is 0 Å². The number of nitrogens with one attached hydrogen (secondary N) is 2. The number of aromatic amines is 2. The third-order valence-electron chi connectivity index (χ3n) is 1.19. The highest BCUT2D eigenvalue weighted by Crippen LogP contribution is 1.91. The molecule has 10 heavy (non-hydrogen) atoms. The second kappa shape index (κ2) is 2.70. The summed E-state index contributed by atoms with van der Waals surface area (Å²) in [4.78, 5) is 15.6. The van der Waals surface area contributed by atoms with Crippen LogP contribution in [0.3, 0.4) is 0 Å². The Morgan fingerprint density at radius 1 is 1.80 bits per heavy atom. The van der Waals surface area contributed by atoms with E-state index in [1.807, 2.05) is 6.92 Å². The van der Waals surface area contributed by atoms with Gasteiger partial charge in [-0.05, 0) is 6.92 Å². The van der Waals surface area contributed by atoms with E-state index in [0.29, 0.717) is 6.42 Å². The highest BCUT2D eigenvalue weighted by molar-refractivity contribution is 4.96. The molecule has 1 rings (SSSR count). The summed E-state index contributed by atoms with van der Waals surface area (Å²) >= 11 is 0. The van der Waals surface area contributed by atoms with E-state index < -0.39 is 0 Å². The zero-order chi connectivity index (χ0) is 7.56. The van der Waals surface area contributed by atoms with Crippen LogP contribution in [0, 0.1) is 0 Å². The lowest BCUT2D eigenvalue weighted by atomic mass is 10.2. The SMILES string of the molecule is C[C@@H](N)Cc1c[nH]c(=O)[nH]1. The standard InChI is InChI=1S/C6H11N3O/c1-4(7)2-5-3-8-6(10)9-5/h3-4H,2,7H2,1H3,(H2,8,9,10)/t4-/m1/s1. The Kier molecular flexibility index (Phi) is 1.91. The Morgan fingerprint density at radius 3 is 2.90 bits per heavy atom. The Hall–Kier alpha value is -1.03. The molecule has 0 aliphatic heterocycles. The van der Waals surface area contributed by atoms with Gasteiger partial charge in [0.1, 0.15) is 0 Å². The average Bonchev–Trinajstić information content (AvgIpc) is 2.13. The summed E-state index contributed by atoms with van der Waals surface area (Å²) in [5.41, 5.74) is 6.19. The molecule has 0 radical (unpaired) electrons. The molecule has 0 aliphatic rings. The molecule has 0 spiro atoms. The van der Waals surface area contributed by atoms with Gasteiger partial charge in [0.2, 0.25) is 0 Å². The van der Waals surface area contributed by atoms with E-state index in [0.717, 1.165) is 5.69 Å². The molecule has 1 atom stereocenters. The Morgan fingerprint density at radius 2 is 2.50 bits per heavy atom. The minimum Gasteiger partial charge on any atom is -0.328 e. The maximum Gasteiger partial charge on any atom is 0.323 e. The van der Waals surface area contributed by atoms with Crippen LogP contribution in [0.4, 0.5) is 0 Å². The third-order valence-corrected chi connectivity index (χ3v) is 1.19. The minimum absolute atomic E-state index is 0.0893. The molecular formula is C6H11N3O. The first-order valence-electron chi connectivity index (χ1n) is 3.20. The second-order valence-electron chi connectivity index (χ2n) is 2.45. The molecule has 0 saturated carbocycles. The Bertz CT molecular complexity index is 247. The summed E-state index contributed by atoms with van der Waals surface area (Å²) in [7, 11) is 0. The van der Waals surface area contributed by atoms with Gasteiger partial charge >= 0.3 is 5.69 Å². The number of aromatic nitrogens is 2. The molecule has 56 valence electrons. The zero-order valence-electron chi connectivity index (χ0n) is 5.85. The van der Waals surface area contributed by atoms with E-state index in [2.05, 4.69) is 9.97 Å². The molecule has 0 bridgehead atoms. The van der Waals surface area contributed by atoms with Gasteiger partial charge in [-0.3, -0.25) is 0 Å². The van der Waals surface area contributed by atoms with Crippen molar-refractivity contribution in [2.75, 3.05) is 0 Å².